The van der Waals surface area contributed by atoms with Gasteiger partial charge in [0.25, 0.3) is 0 Å². The van der Waals surface area contributed by atoms with Gasteiger partial charge in [-0.1, -0.05) is 29.8 Å². The third-order valence-corrected chi connectivity index (χ3v) is 4.52. The Morgan fingerprint density at radius 3 is 2.79 bits per heavy atom. The first-order valence-corrected chi connectivity index (χ1v) is 8.00. The van der Waals surface area contributed by atoms with E-state index in [9.17, 15) is 0 Å². The molecule has 3 heteroatoms. The van der Waals surface area contributed by atoms with Crippen molar-refractivity contribution in [3.05, 3.63) is 28.2 Å². The Morgan fingerprint density at radius 2 is 2.21 bits per heavy atom. The fourth-order valence-electron chi connectivity index (χ4n) is 2.76. The number of methoxy groups -OCH3 is 1. The highest BCUT2D eigenvalue weighted by atomic mass is 79.9. The number of nitrogens with one attached hydrogen (secondary N) is 1. The second-order valence-electron chi connectivity index (χ2n) is 5.60. The van der Waals surface area contributed by atoms with E-state index in [1.807, 2.05) is 12.1 Å². The Kier molecular flexibility index (Phi) is 5.28. The van der Waals surface area contributed by atoms with Crippen molar-refractivity contribution in [2.75, 3.05) is 13.7 Å². The van der Waals surface area contributed by atoms with Gasteiger partial charge >= 0.3 is 0 Å². The molecule has 0 heterocycles. The third kappa shape index (κ3) is 3.96. The van der Waals surface area contributed by atoms with E-state index in [1.165, 1.54) is 18.4 Å². The van der Waals surface area contributed by atoms with Gasteiger partial charge in [0, 0.05) is 10.5 Å². The molecule has 0 aromatic heterocycles. The largest absolute Gasteiger partial charge is 0.496 e. The van der Waals surface area contributed by atoms with Gasteiger partial charge in [0.15, 0.2) is 0 Å². The van der Waals surface area contributed by atoms with E-state index in [2.05, 4.69) is 41.2 Å². The molecule has 0 aliphatic heterocycles. The van der Waals surface area contributed by atoms with Crippen molar-refractivity contribution in [1.82, 2.24) is 5.32 Å². The molecule has 1 aromatic rings. The quantitative estimate of drug-likeness (QED) is 0.817. The SMILES string of the molecule is CCCNC(Cc1cc(Br)ccc1OC)C1CC1C. The first-order chi connectivity index (χ1) is 9.15. The van der Waals surface area contributed by atoms with Crippen LogP contribution in [-0.2, 0) is 6.42 Å². The Hall–Kier alpha value is -0.540. The molecule has 2 nitrogen and oxygen atoms in total. The second-order valence-corrected chi connectivity index (χ2v) is 6.51. The predicted octanol–water partition coefficient (Wildman–Crippen LogP) is 4.02. The highest BCUT2D eigenvalue weighted by Crippen LogP contribution is 2.42. The van der Waals surface area contributed by atoms with Crippen molar-refractivity contribution < 1.29 is 4.74 Å². The van der Waals surface area contributed by atoms with Crippen LogP contribution in [-0.4, -0.2) is 19.7 Å². The lowest BCUT2D eigenvalue weighted by Gasteiger charge is -2.20. The molecule has 3 unspecified atom stereocenters. The topological polar surface area (TPSA) is 21.3 Å². The van der Waals surface area contributed by atoms with Crippen LogP contribution in [0.1, 0.15) is 32.3 Å². The van der Waals surface area contributed by atoms with Gasteiger partial charge in [0.1, 0.15) is 5.75 Å². The third-order valence-electron chi connectivity index (χ3n) is 4.03. The van der Waals surface area contributed by atoms with Crippen molar-refractivity contribution in [3.8, 4) is 5.75 Å². The van der Waals surface area contributed by atoms with Crippen LogP contribution >= 0.6 is 15.9 Å². The summed E-state index contributed by atoms with van der Waals surface area (Å²) in [6.07, 6.45) is 3.60. The van der Waals surface area contributed by atoms with Gasteiger partial charge in [-0.3, -0.25) is 0 Å². The van der Waals surface area contributed by atoms with Crippen molar-refractivity contribution in [2.24, 2.45) is 11.8 Å². The Morgan fingerprint density at radius 1 is 1.47 bits per heavy atom. The molecule has 2 rings (SSSR count). The Labute approximate surface area is 125 Å². The first-order valence-electron chi connectivity index (χ1n) is 7.21. The molecule has 0 spiro atoms. The zero-order valence-corrected chi connectivity index (χ0v) is 13.7. The first kappa shape index (κ1) is 14.9. The number of hydrogen-bond donors (Lipinski definition) is 1. The van der Waals surface area contributed by atoms with Gasteiger partial charge in [-0.2, -0.15) is 0 Å². The fourth-order valence-corrected chi connectivity index (χ4v) is 3.17. The summed E-state index contributed by atoms with van der Waals surface area (Å²) in [4.78, 5) is 0. The molecule has 0 radical (unpaired) electrons. The van der Waals surface area contributed by atoms with Crippen molar-refractivity contribution >= 4 is 15.9 Å². The van der Waals surface area contributed by atoms with Crippen LogP contribution in [0.15, 0.2) is 22.7 Å². The van der Waals surface area contributed by atoms with Gasteiger partial charge in [0.2, 0.25) is 0 Å². The molecule has 19 heavy (non-hydrogen) atoms. The molecule has 1 aliphatic carbocycles. The van der Waals surface area contributed by atoms with E-state index in [4.69, 9.17) is 4.74 Å². The number of ether oxygens (including phenoxy) is 1. The van der Waals surface area contributed by atoms with Crippen LogP contribution in [0.4, 0.5) is 0 Å². The average molecular weight is 326 g/mol. The van der Waals surface area contributed by atoms with E-state index in [1.54, 1.807) is 7.11 Å². The van der Waals surface area contributed by atoms with E-state index < -0.39 is 0 Å². The summed E-state index contributed by atoms with van der Waals surface area (Å²) in [5.41, 5.74) is 1.30. The van der Waals surface area contributed by atoms with Crippen LogP contribution in [0.2, 0.25) is 0 Å². The minimum atomic E-state index is 0.582. The van der Waals surface area contributed by atoms with Crippen LogP contribution < -0.4 is 10.1 Å². The molecule has 1 fully saturated rings. The van der Waals surface area contributed by atoms with Crippen LogP contribution in [0.3, 0.4) is 0 Å². The van der Waals surface area contributed by atoms with Crippen molar-refractivity contribution in [1.29, 1.82) is 0 Å². The van der Waals surface area contributed by atoms with Crippen LogP contribution in [0.25, 0.3) is 0 Å². The molecule has 0 saturated heterocycles. The molecular formula is C16H24BrNO. The van der Waals surface area contributed by atoms with Crippen LogP contribution in [0, 0.1) is 11.8 Å². The number of benzene rings is 1. The van der Waals surface area contributed by atoms with E-state index in [0.717, 1.165) is 35.0 Å². The molecule has 106 valence electrons. The van der Waals surface area contributed by atoms with Crippen molar-refractivity contribution in [3.63, 3.8) is 0 Å². The number of hydrogen-bond acceptors (Lipinski definition) is 2. The Balaban J connectivity index is 2.09. The normalized spacial score (nSPS) is 23.2. The molecule has 1 saturated carbocycles. The van der Waals surface area contributed by atoms with Crippen molar-refractivity contribution in [2.45, 2.75) is 39.2 Å². The number of halogens is 1. The fraction of sp³-hybridized carbons (Fsp3) is 0.625. The molecule has 1 aliphatic rings. The minimum Gasteiger partial charge on any atom is -0.496 e. The zero-order valence-electron chi connectivity index (χ0n) is 12.1. The Bertz CT molecular complexity index is 421. The highest BCUT2D eigenvalue weighted by molar-refractivity contribution is 9.10. The van der Waals surface area contributed by atoms with E-state index in [-0.39, 0.29) is 0 Å². The second kappa shape index (κ2) is 6.76. The molecule has 1 aromatic carbocycles. The minimum absolute atomic E-state index is 0.582. The molecular weight excluding hydrogens is 302 g/mol. The summed E-state index contributed by atoms with van der Waals surface area (Å²) >= 11 is 3.56. The van der Waals surface area contributed by atoms with Gasteiger partial charge < -0.3 is 10.1 Å². The molecule has 1 N–H and O–H groups in total. The van der Waals surface area contributed by atoms with Gasteiger partial charge in [-0.15, -0.1) is 0 Å². The maximum absolute atomic E-state index is 5.48. The molecule has 0 bridgehead atoms. The summed E-state index contributed by atoms with van der Waals surface area (Å²) in [6.45, 7) is 5.67. The van der Waals surface area contributed by atoms with E-state index in [0.29, 0.717) is 6.04 Å². The molecule has 3 atom stereocenters. The predicted molar refractivity (Wildman–Crippen MR) is 83.8 cm³/mol. The maximum Gasteiger partial charge on any atom is 0.122 e. The zero-order chi connectivity index (χ0) is 13.8. The number of rotatable bonds is 7. The summed E-state index contributed by atoms with van der Waals surface area (Å²) in [6, 6.07) is 6.86. The summed E-state index contributed by atoms with van der Waals surface area (Å²) < 4.78 is 6.61. The summed E-state index contributed by atoms with van der Waals surface area (Å²) in [7, 11) is 1.75. The average Bonchev–Trinajstić information content (AvgIpc) is 3.12. The molecule has 0 amide bonds. The lowest BCUT2D eigenvalue weighted by molar-refractivity contribution is 0.396. The lowest BCUT2D eigenvalue weighted by atomic mass is 10.00. The smallest absolute Gasteiger partial charge is 0.122 e. The lowest BCUT2D eigenvalue weighted by Crippen LogP contribution is -2.34. The highest BCUT2D eigenvalue weighted by Gasteiger charge is 2.39. The maximum atomic E-state index is 5.48. The van der Waals surface area contributed by atoms with Crippen LogP contribution in [0.5, 0.6) is 5.75 Å². The summed E-state index contributed by atoms with van der Waals surface area (Å²) in [5, 5.41) is 3.71. The van der Waals surface area contributed by atoms with Gasteiger partial charge in [-0.05, 0) is 61.4 Å². The van der Waals surface area contributed by atoms with Gasteiger partial charge in [-0.25, -0.2) is 0 Å². The monoisotopic (exact) mass is 325 g/mol. The van der Waals surface area contributed by atoms with Gasteiger partial charge in [0.05, 0.1) is 7.11 Å². The van der Waals surface area contributed by atoms with E-state index >= 15 is 0 Å². The standard InChI is InChI=1S/C16H24BrNO/c1-4-7-18-15(14-8-11(14)2)10-12-9-13(17)5-6-16(12)19-3/h5-6,9,11,14-15,18H,4,7-8,10H2,1-3H3. The summed E-state index contributed by atoms with van der Waals surface area (Å²) in [5.74, 6) is 2.70.